The Hall–Kier alpha value is -1.66. The Balaban J connectivity index is 0.000000873. The molecule has 0 amide bonds. The highest BCUT2D eigenvalue weighted by Crippen LogP contribution is 2.09. The molecule has 0 bridgehead atoms. The number of rotatable bonds is 2. The summed E-state index contributed by atoms with van der Waals surface area (Å²) in [4.78, 5) is 12.4. The molecule has 0 aromatic heterocycles. The van der Waals surface area contributed by atoms with Crippen molar-refractivity contribution in [2.24, 2.45) is 0 Å². The molecule has 6 heteroatoms. The van der Waals surface area contributed by atoms with Gasteiger partial charge in [-0.3, -0.25) is 0 Å². The first-order valence-corrected chi connectivity index (χ1v) is 5.73. The summed E-state index contributed by atoms with van der Waals surface area (Å²) in [6, 6.07) is 6.42. The van der Waals surface area contributed by atoms with E-state index in [-0.39, 0.29) is 5.56 Å². The van der Waals surface area contributed by atoms with Crippen LogP contribution in [0.3, 0.4) is 0 Å². The molecule has 0 fully saturated rings. The number of hydrogen-bond acceptors (Lipinski definition) is 3. The van der Waals surface area contributed by atoms with Gasteiger partial charge in [0.15, 0.2) is 5.11 Å². The third-order valence-electron chi connectivity index (χ3n) is 1.79. The van der Waals surface area contributed by atoms with Gasteiger partial charge in [-0.2, -0.15) is 0 Å². The van der Waals surface area contributed by atoms with Crippen molar-refractivity contribution in [3.63, 3.8) is 0 Å². The molecule has 0 saturated carbocycles. The van der Waals surface area contributed by atoms with E-state index in [9.17, 15) is 4.79 Å². The minimum atomic E-state index is -0.934. The highest BCUT2D eigenvalue weighted by Gasteiger charge is 2.03. The zero-order chi connectivity index (χ0) is 14.1. The first kappa shape index (κ1) is 16.3. The second-order valence-electron chi connectivity index (χ2n) is 3.71. The average molecular weight is 269 g/mol. The normalized spacial score (nSPS) is 8.89. The van der Waals surface area contributed by atoms with Gasteiger partial charge in [-0.15, -0.1) is 0 Å². The van der Waals surface area contributed by atoms with Gasteiger partial charge in [0.2, 0.25) is 0 Å². The predicted octanol–water partition coefficient (Wildman–Crippen LogP) is 1.48. The van der Waals surface area contributed by atoms with Crippen LogP contribution < -0.4 is 10.6 Å². The maximum Gasteiger partial charge on any atom is 0.335 e. The van der Waals surface area contributed by atoms with Crippen LogP contribution in [-0.4, -0.2) is 49.3 Å². The van der Waals surface area contributed by atoms with E-state index in [0.717, 1.165) is 5.69 Å². The second-order valence-corrected chi connectivity index (χ2v) is 4.09. The molecule has 3 N–H and O–H groups in total. The predicted molar refractivity (Wildman–Crippen MR) is 78.3 cm³/mol. The molecule has 1 aromatic carbocycles. The molecule has 0 radical (unpaired) electrons. The van der Waals surface area contributed by atoms with Gasteiger partial charge in [0.05, 0.1) is 5.56 Å². The number of hydrogen-bond donors (Lipinski definition) is 3. The van der Waals surface area contributed by atoms with Gasteiger partial charge in [0.1, 0.15) is 0 Å². The van der Waals surface area contributed by atoms with E-state index in [1.54, 1.807) is 17.0 Å². The van der Waals surface area contributed by atoms with Crippen LogP contribution in [0.15, 0.2) is 24.3 Å². The zero-order valence-corrected chi connectivity index (χ0v) is 11.8. The van der Waals surface area contributed by atoms with Crippen LogP contribution in [0.25, 0.3) is 0 Å². The number of aromatic carboxylic acids is 1. The number of carboxylic acids is 1. The lowest BCUT2D eigenvalue weighted by Crippen LogP contribution is -2.26. The maximum absolute atomic E-state index is 10.6. The minimum absolute atomic E-state index is 0.260. The molecule has 5 nitrogen and oxygen atoms in total. The molecule has 0 aliphatic rings. The van der Waals surface area contributed by atoms with E-state index in [1.165, 1.54) is 12.1 Å². The molecule has 0 aliphatic heterocycles. The average Bonchev–Trinajstić information content (AvgIpc) is 2.30. The summed E-state index contributed by atoms with van der Waals surface area (Å²) in [5.74, 6) is -0.934. The molecule has 0 heterocycles. The van der Waals surface area contributed by atoms with Crippen LogP contribution in [0, 0.1) is 0 Å². The standard InChI is InChI=1S/C10H12N2O2S.C2H7N/c1-12(2)10(15)11-8-5-3-7(4-6-8)9(13)14;1-3-2/h3-6H,1-2H3,(H,11,15)(H,13,14);3H,1-2H3. The fourth-order valence-corrected chi connectivity index (χ4v) is 1.05. The first-order chi connectivity index (χ1) is 8.42. The lowest BCUT2D eigenvalue weighted by Gasteiger charge is -2.15. The van der Waals surface area contributed by atoms with Crippen molar-refractivity contribution in [2.75, 3.05) is 33.5 Å². The van der Waals surface area contributed by atoms with Crippen LogP contribution >= 0.6 is 12.2 Å². The topological polar surface area (TPSA) is 64.6 Å². The summed E-state index contributed by atoms with van der Waals surface area (Å²) in [6.07, 6.45) is 0. The van der Waals surface area contributed by atoms with Crippen molar-refractivity contribution >= 4 is 29.0 Å². The summed E-state index contributed by atoms with van der Waals surface area (Å²) >= 11 is 5.04. The molecular formula is C12H19N3O2S. The van der Waals surface area contributed by atoms with E-state index in [4.69, 9.17) is 17.3 Å². The van der Waals surface area contributed by atoms with Gasteiger partial charge >= 0.3 is 5.97 Å². The number of carbonyl (C=O) groups is 1. The molecule has 0 saturated heterocycles. The first-order valence-electron chi connectivity index (χ1n) is 5.32. The van der Waals surface area contributed by atoms with Crippen molar-refractivity contribution in [1.82, 2.24) is 10.2 Å². The molecule has 0 aliphatic carbocycles. The van der Waals surface area contributed by atoms with E-state index < -0.39 is 5.97 Å². The lowest BCUT2D eigenvalue weighted by atomic mass is 10.2. The van der Waals surface area contributed by atoms with Crippen LogP contribution in [0.5, 0.6) is 0 Å². The Morgan fingerprint density at radius 2 is 1.67 bits per heavy atom. The van der Waals surface area contributed by atoms with E-state index in [0.29, 0.717) is 5.11 Å². The lowest BCUT2D eigenvalue weighted by molar-refractivity contribution is 0.0697. The van der Waals surface area contributed by atoms with Gasteiger partial charge in [-0.05, 0) is 50.6 Å². The smallest absolute Gasteiger partial charge is 0.335 e. The van der Waals surface area contributed by atoms with Crippen molar-refractivity contribution in [1.29, 1.82) is 0 Å². The highest BCUT2D eigenvalue weighted by atomic mass is 32.1. The monoisotopic (exact) mass is 269 g/mol. The molecule has 1 rings (SSSR count). The SMILES string of the molecule is CN(C)C(=S)Nc1ccc(C(=O)O)cc1.CNC. The fourth-order valence-electron chi connectivity index (χ4n) is 0.931. The number of anilines is 1. The van der Waals surface area contributed by atoms with Crippen molar-refractivity contribution in [3.8, 4) is 0 Å². The molecule has 0 atom stereocenters. The summed E-state index contributed by atoms with van der Waals surface area (Å²) in [5, 5.41) is 15.0. The van der Waals surface area contributed by atoms with E-state index in [2.05, 4.69) is 10.6 Å². The Kier molecular flexibility index (Phi) is 7.66. The summed E-state index contributed by atoms with van der Waals surface area (Å²) < 4.78 is 0. The van der Waals surface area contributed by atoms with Crippen LogP contribution in [0.1, 0.15) is 10.4 Å². The molecule has 100 valence electrons. The molecule has 0 spiro atoms. The highest BCUT2D eigenvalue weighted by molar-refractivity contribution is 7.80. The van der Waals surface area contributed by atoms with Gasteiger partial charge in [0.25, 0.3) is 0 Å². The quantitative estimate of drug-likeness (QED) is 0.707. The van der Waals surface area contributed by atoms with Gasteiger partial charge in [-0.25, -0.2) is 4.79 Å². The zero-order valence-electron chi connectivity index (χ0n) is 11.0. The minimum Gasteiger partial charge on any atom is -0.478 e. The van der Waals surface area contributed by atoms with Gasteiger partial charge in [0, 0.05) is 19.8 Å². The maximum atomic E-state index is 10.6. The fraction of sp³-hybridized carbons (Fsp3) is 0.333. The molecular weight excluding hydrogens is 250 g/mol. The third-order valence-corrected chi connectivity index (χ3v) is 2.26. The van der Waals surface area contributed by atoms with Crippen molar-refractivity contribution < 1.29 is 9.90 Å². The Labute approximate surface area is 113 Å². The van der Waals surface area contributed by atoms with E-state index >= 15 is 0 Å². The number of thiocarbonyl (C=S) groups is 1. The Bertz CT molecular complexity index is 391. The Morgan fingerprint density at radius 1 is 1.22 bits per heavy atom. The van der Waals surface area contributed by atoms with Crippen LogP contribution in [-0.2, 0) is 0 Å². The number of nitrogens with one attached hydrogen (secondary N) is 2. The number of benzene rings is 1. The largest absolute Gasteiger partial charge is 0.478 e. The molecule has 18 heavy (non-hydrogen) atoms. The van der Waals surface area contributed by atoms with Gasteiger partial charge in [-0.1, -0.05) is 0 Å². The van der Waals surface area contributed by atoms with Crippen LogP contribution in [0.4, 0.5) is 5.69 Å². The molecule has 0 unspecified atom stereocenters. The number of carboxylic acid groups (broad SMARTS) is 1. The molecule has 1 aromatic rings. The summed E-state index contributed by atoms with van der Waals surface area (Å²) in [5.41, 5.74) is 1.04. The second kappa shape index (κ2) is 8.43. The summed E-state index contributed by atoms with van der Waals surface area (Å²) in [6.45, 7) is 0. The van der Waals surface area contributed by atoms with Crippen molar-refractivity contribution in [3.05, 3.63) is 29.8 Å². The Morgan fingerprint density at radius 3 is 2.00 bits per heavy atom. The summed E-state index contributed by atoms with van der Waals surface area (Å²) in [7, 11) is 7.42. The van der Waals surface area contributed by atoms with E-state index in [1.807, 2.05) is 28.2 Å². The van der Waals surface area contributed by atoms with Gasteiger partial charge < -0.3 is 20.6 Å². The third kappa shape index (κ3) is 6.17. The van der Waals surface area contributed by atoms with Crippen LogP contribution in [0.2, 0.25) is 0 Å². The van der Waals surface area contributed by atoms with Crippen molar-refractivity contribution in [2.45, 2.75) is 0 Å². The number of nitrogens with zero attached hydrogens (tertiary/aromatic N) is 1.